The molecule has 4 amide bonds. The van der Waals surface area contributed by atoms with Crippen LogP contribution in [-0.4, -0.2) is 58.6 Å². The Morgan fingerprint density at radius 2 is 1.79 bits per heavy atom. The highest BCUT2D eigenvalue weighted by Crippen LogP contribution is 2.11. The van der Waals surface area contributed by atoms with Crippen molar-refractivity contribution >= 4 is 23.6 Å². The van der Waals surface area contributed by atoms with E-state index in [9.17, 15) is 33.9 Å². The van der Waals surface area contributed by atoms with Crippen LogP contribution >= 0.6 is 0 Å². The second-order valence-corrected chi connectivity index (χ2v) is 10.6. The zero-order valence-electron chi connectivity index (χ0n) is 25.0. The Bertz CT molecular complexity index is 1360. The Morgan fingerprint density at radius 3 is 2.37 bits per heavy atom. The zero-order valence-corrected chi connectivity index (χ0v) is 25.0. The lowest BCUT2D eigenvalue weighted by atomic mass is 10.1. The summed E-state index contributed by atoms with van der Waals surface area (Å²) in [5.74, 6) is -2.78. The van der Waals surface area contributed by atoms with Gasteiger partial charge < -0.3 is 30.9 Å². The summed E-state index contributed by atoms with van der Waals surface area (Å²) >= 11 is 0. The minimum Gasteiger partial charge on any atom is -0.391 e. The number of nitriles is 1. The van der Waals surface area contributed by atoms with Gasteiger partial charge >= 0.3 is 0 Å². The fourth-order valence-electron chi connectivity index (χ4n) is 3.99. The minimum atomic E-state index is -1.43. The molecule has 2 rings (SSSR count). The largest absolute Gasteiger partial charge is 0.391 e. The van der Waals surface area contributed by atoms with Crippen LogP contribution in [0, 0.1) is 36.9 Å². The van der Waals surface area contributed by atoms with Crippen molar-refractivity contribution in [2.24, 2.45) is 5.92 Å². The lowest BCUT2D eigenvalue weighted by Gasteiger charge is -2.24. The Labute approximate surface area is 250 Å². The molecule has 0 fully saturated rings. The van der Waals surface area contributed by atoms with Gasteiger partial charge in [-0.15, -0.1) is 0 Å². The average Bonchev–Trinajstić information content (AvgIpc) is 3.38. The zero-order chi connectivity index (χ0) is 32.1. The number of unbranched alkanes of at least 4 members (excludes halogenated alkanes) is 1. The van der Waals surface area contributed by atoms with Gasteiger partial charge in [0.05, 0.1) is 6.10 Å². The SMILES string of the molecule is Cc1ccc(CNC(=O)C(CCCCNC(=O)C(C#N)=CC(C)C)NC(=O)[C@@H](NC(=O)c2cc(C)on2)[C@@H](C)O)c(F)c1. The molecule has 0 aliphatic heterocycles. The maximum Gasteiger partial charge on any atom is 0.274 e. The van der Waals surface area contributed by atoms with Crippen molar-refractivity contribution in [3.8, 4) is 6.07 Å². The third-order valence-corrected chi connectivity index (χ3v) is 6.28. The number of allylic oxidation sites excluding steroid dienone is 1. The Hall–Kier alpha value is -4.57. The molecule has 0 aliphatic rings. The Morgan fingerprint density at radius 1 is 1.07 bits per heavy atom. The van der Waals surface area contributed by atoms with Gasteiger partial charge in [-0.25, -0.2) is 4.39 Å². The van der Waals surface area contributed by atoms with Gasteiger partial charge in [0.25, 0.3) is 11.8 Å². The maximum atomic E-state index is 14.3. The van der Waals surface area contributed by atoms with Gasteiger partial charge in [-0.05, 0) is 57.6 Å². The highest BCUT2D eigenvalue weighted by Gasteiger charge is 2.30. The smallest absolute Gasteiger partial charge is 0.274 e. The summed E-state index contributed by atoms with van der Waals surface area (Å²) in [6.07, 6.45) is 1.14. The molecular weight excluding hydrogens is 559 g/mol. The summed E-state index contributed by atoms with van der Waals surface area (Å²) in [6, 6.07) is 5.30. The number of nitrogens with zero attached hydrogens (tertiary/aromatic N) is 2. The van der Waals surface area contributed by atoms with Crippen molar-refractivity contribution in [3.05, 3.63) is 64.3 Å². The van der Waals surface area contributed by atoms with Crippen LogP contribution in [0.2, 0.25) is 0 Å². The molecule has 1 aromatic carbocycles. The number of hydrogen-bond acceptors (Lipinski definition) is 8. The van der Waals surface area contributed by atoms with E-state index in [-0.39, 0.29) is 42.3 Å². The third kappa shape index (κ3) is 11.3. The molecule has 5 N–H and O–H groups in total. The summed E-state index contributed by atoms with van der Waals surface area (Å²) in [6.45, 7) is 8.41. The topological polar surface area (TPSA) is 186 Å². The Balaban J connectivity index is 2.08. The number of aryl methyl sites for hydroxylation is 2. The number of hydrogen-bond donors (Lipinski definition) is 5. The fourth-order valence-corrected chi connectivity index (χ4v) is 3.99. The standard InChI is InChI=1S/C30H39FN6O6/c1-17(2)12-22(15-32)27(39)33-11-7-6-8-24(28(40)34-16-21-10-9-18(3)13-23(21)31)35-30(42)26(20(5)38)36-29(41)25-14-19(4)43-37-25/h9-10,12-14,17,20,24,26,38H,6-8,11,16H2,1-5H3,(H,33,39)(H,34,40)(H,35,42)(H,36,41)/t20-,24?,26+/m1/s1. The van der Waals surface area contributed by atoms with E-state index in [0.717, 1.165) is 5.56 Å². The van der Waals surface area contributed by atoms with E-state index < -0.39 is 47.6 Å². The minimum absolute atomic E-state index is 0.00912. The number of amides is 4. The molecule has 12 nitrogen and oxygen atoms in total. The van der Waals surface area contributed by atoms with E-state index in [4.69, 9.17) is 4.52 Å². The van der Waals surface area contributed by atoms with Crippen LogP contribution in [0.3, 0.4) is 0 Å². The number of aromatic nitrogens is 1. The first-order valence-corrected chi connectivity index (χ1v) is 14.0. The quantitative estimate of drug-likeness (QED) is 0.117. The summed E-state index contributed by atoms with van der Waals surface area (Å²) in [5.41, 5.74) is 0.898. The number of halogens is 1. The maximum absolute atomic E-state index is 14.3. The van der Waals surface area contributed by atoms with Crippen molar-refractivity contribution in [2.75, 3.05) is 6.54 Å². The van der Waals surface area contributed by atoms with Gasteiger partial charge in [-0.1, -0.05) is 37.2 Å². The molecule has 3 atom stereocenters. The highest BCUT2D eigenvalue weighted by molar-refractivity contribution is 5.98. The van der Waals surface area contributed by atoms with Crippen LogP contribution < -0.4 is 21.3 Å². The molecule has 13 heteroatoms. The predicted octanol–water partition coefficient (Wildman–Crippen LogP) is 2.10. The molecular formula is C30H39FN6O6. The first-order valence-electron chi connectivity index (χ1n) is 14.0. The second kappa shape index (κ2) is 16.8. The molecule has 1 aromatic heterocycles. The molecule has 0 radical (unpaired) electrons. The van der Waals surface area contributed by atoms with Crippen LogP contribution in [0.4, 0.5) is 4.39 Å². The summed E-state index contributed by atoms with van der Waals surface area (Å²) in [7, 11) is 0. The van der Waals surface area contributed by atoms with Crippen molar-refractivity contribution in [3.63, 3.8) is 0 Å². The van der Waals surface area contributed by atoms with E-state index in [1.54, 1.807) is 32.1 Å². The molecule has 43 heavy (non-hydrogen) atoms. The third-order valence-electron chi connectivity index (χ3n) is 6.28. The lowest BCUT2D eigenvalue weighted by Crippen LogP contribution is -2.57. The number of aliphatic hydroxyl groups is 1. The van der Waals surface area contributed by atoms with Gasteiger partial charge in [-0.3, -0.25) is 19.2 Å². The number of carbonyl (C=O) groups is 4. The van der Waals surface area contributed by atoms with Gasteiger partial charge in [0.2, 0.25) is 11.8 Å². The summed E-state index contributed by atoms with van der Waals surface area (Å²) in [5, 5.41) is 33.3. The van der Waals surface area contributed by atoms with E-state index in [1.165, 1.54) is 19.1 Å². The van der Waals surface area contributed by atoms with Gasteiger partial charge in [0, 0.05) is 24.7 Å². The lowest BCUT2D eigenvalue weighted by molar-refractivity contribution is -0.131. The van der Waals surface area contributed by atoms with Gasteiger partial charge in [0.1, 0.15) is 35.3 Å². The molecule has 232 valence electrons. The number of rotatable bonds is 15. The van der Waals surface area contributed by atoms with Crippen LogP contribution in [-0.2, 0) is 20.9 Å². The molecule has 1 unspecified atom stereocenters. The van der Waals surface area contributed by atoms with Crippen molar-refractivity contribution in [2.45, 2.75) is 78.6 Å². The normalized spacial score (nSPS) is 13.4. The van der Waals surface area contributed by atoms with Crippen molar-refractivity contribution < 1.29 is 33.2 Å². The van der Waals surface area contributed by atoms with E-state index in [2.05, 4.69) is 26.4 Å². The Kier molecular flexibility index (Phi) is 13.5. The number of benzene rings is 1. The van der Waals surface area contributed by atoms with Crippen LogP contribution in [0.1, 0.15) is 67.4 Å². The van der Waals surface area contributed by atoms with Crippen molar-refractivity contribution in [1.82, 2.24) is 26.4 Å². The molecule has 2 aromatic rings. The van der Waals surface area contributed by atoms with Gasteiger partial charge in [-0.2, -0.15) is 5.26 Å². The number of carbonyl (C=O) groups excluding carboxylic acids is 4. The molecule has 0 saturated heterocycles. The first kappa shape index (κ1) is 34.6. The first-order chi connectivity index (χ1) is 20.3. The fraction of sp³-hybridized carbons (Fsp3) is 0.467. The molecule has 0 spiro atoms. The van der Waals surface area contributed by atoms with Crippen LogP contribution in [0.5, 0.6) is 0 Å². The highest BCUT2D eigenvalue weighted by atomic mass is 19.1. The van der Waals surface area contributed by atoms with Crippen LogP contribution in [0.15, 0.2) is 40.4 Å². The number of nitrogens with one attached hydrogen (secondary N) is 4. The van der Waals surface area contributed by atoms with Gasteiger partial charge in [0.15, 0.2) is 5.69 Å². The molecule has 0 saturated carbocycles. The summed E-state index contributed by atoms with van der Waals surface area (Å²) in [4.78, 5) is 51.1. The molecule has 1 heterocycles. The molecule has 0 bridgehead atoms. The van der Waals surface area contributed by atoms with Crippen LogP contribution in [0.25, 0.3) is 0 Å². The average molecular weight is 599 g/mol. The van der Waals surface area contributed by atoms with E-state index in [0.29, 0.717) is 18.6 Å². The predicted molar refractivity (Wildman–Crippen MR) is 154 cm³/mol. The van der Waals surface area contributed by atoms with E-state index >= 15 is 0 Å². The van der Waals surface area contributed by atoms with E-state index in [1.807, 2.05) is 19.9 Å². The monoisotopic (exact) mass is 598 g/mol. The summed E-state index contributed by atoms with van der Waals surface area (Å²) < 4.78 is 19.2. The van der Waals surface area contributed by atoms with Crippen molar-refractivity contribution in [1.29, 1.82) is 5.26 Å². The number of aliphatic hydroxyl groups excluding tert-OH is 1. The second-order valence-electron chi connectivity index (χ2n) is 10.6. The molecule has 0 aliphatic carbocycles.